The van der Waals surface area contributed by atoms with Crippen molar-refractivity contribution in [1.82, 2.24) is 9.78 Å². The predicted molar refractivity (Wildman–Crippen MR) is 81.7 cm³/mol. The van der Waals surface area contributed by atoms with Crippen molar-refractivity contribution in [3.05, 3.63) is 41.6 Å². The number of aromatic carboxylic acids is 1. The third-order valence-corrected chi connectivity index (χ3v) is 4.52. The summed E-state index contributed by atoms with van der Waals surface area (Å²) in [5.41, 5.74) is -2.63. The molecule has 0 aliphatic rings. The van der Waals surface area contributed by atoms with E-state index in [1.165, 1.54) is 16.9 Å². The Balaban J connectivity index is 2.36. The van der Waals surface area contributed by atoms with Crippen molar-refractivity contribution >= 4 is 21.8 Å². The van der Waals surface area contributed by atoms with Gasteiger partial charge in [0.05, 0.1) is 35.1 Å². The lowest BCUT2D eigenvalue weighted by Crippen LogP contribution is -2.18. The number of aromatic nitrogens is 2. The zero-order valence-corrected chi connectivity index (χ0v) is 13.7. The van der Waals surface area contributed by atoms with Gasteiger partial charge in [-0.1, -0.05) is 0 Å². The third-order valence-electron chi connectivity index (χ3n) is 3.17. The first-order valence-electron chi connectivity index (χ1n) is 6.92. The van der Waals surface area contributed by atoms with E-state index in [9.17, 15) is 26.4 Å². The average Bonchev–Trinajstić information content (AvgIpc) is 2.98. The number of sulfonamides is 1. The van der Waals surface area contributed by atoms with Gasteiger partial charge in [-0.2, -0.15) is 23.5 Å². The van der Waals surface area contributed by atoms with Crippen LogP contribution in [0.1, 0.15) is 22.3 Å². The molecule has 2 aromatic rings. The van der Waals surface area contributed by atoms with Gasteiger partial charge in [0.15, 0.2) is 5.82 Å². The van der Waals surface area contributed by atoms with Crippen molar-refractivity contribution in [3.8, 4) is 6.07 Å². The van der Waals surface area contributed by atoms with E-state index in [1.807, 2.05) is 10.8 Å². The molecule has 0 unspecified atom stereocenters. The average molecular weight is 388 g/mol. The van der Waals surface area contributed by atoms with Crippen LogP contribution in [0.15, 0.2) is 35.4 Å². The maximum absolute atomic E-state index is 13.0. The molecule has 1 heterocycles. The molecule has 1 aromatic heterocycles. The van der Waals surface area contributed by atoms with Gasteiger partial charge < -0.3 is 5.11 Å². The van der Waals surface area contributed by atoms with Crippen molar-refractivity contribution in [1.29, 1.82) is 5.26 Å². The van der Waals surface area contributed by atoms with Crippen LogP contribution in [-0.2, 0) is 22.7 Å². The Morgan fingerprint density at radius 3 is 2.62 bits per heavy atom. The zero-order valence-electron chi connectivity index (χ0n) is 12.9. The van der Waals surface area contributed by atoms with Crippen LogP contribution < -0.4 is 4.72 Å². The van der Waals surface area contributed by atoms with Crippen LogP contribution in [0, 0.1) is 11.3 Å². The minimum Gasteiger partial charge on any atom is -0.478 e. The second-order valence-electron chi connectivity index (χ2n) is 4.99. The fourth-order valence-corrected chi connectivity index (χ4v) is 3.04. The van der Waals surface area contributed by atoms with E-state index in [2.05, 4.69) is 5.10 Å². The predicted octanol–water partition coefficient (Wildman–Crippen LogP) is 2.31. The Kier molecular flexibility index (Phi) is 5.22. The van der Waals surface area contributed by atoms with Gasteiger partial charge in [0.1, 0.15) is 0 Å². The Hall–Kier alpha value is -3.07. The normalized spacial score (nSPS) is 11.8. The number of hydrogen-bond donors (Lipinski definition) is 2. The largest absolute Gasteiger partial charge is 0.478 e. The van der Waals surface area contributed by atoms with E-state index in [1.54, 1.807) is 0 Å². The number of aryl methyl sites for hydroxylation is 1. The zero-order chi connectivity index (χ0) is 19.5. The van der Waals surface area contributed by atoms with Crippen LogP contribution in [0.25, 0.3) is 0 Å². The SMILES string of the molecule is N#CCCn1ccc(NS(=O)(=O)c2ccc(C(=O)O)c(C(F)(F)F)c2)n1. The maximum Gasteiger partial charge on any atom is 0.417 e. The van der Waals surface area contributed by atoms with Crippen LogP contribution in [0.2, 0.25) is 0 Å². The first kappa shape index (κ1) is 19.3. The molecule has 26 heavy (non-hydrogen) atoms. The number of carboxylic acids is 1. The molecule has 0 amide bonds. The summed E-state index contributed by atoms with van der Waals surface area (Å²) >= 11 is 0. The molecule has 0 radical (unpaired) electrons. The van der Waals surface area contributed by atoms with E-state index in [0.717, 1.165) is 6.07 Å². The number of nitrogens with one attached hydrogen (secondary N) is 1. The fraction of sp³-hybridized carbons (Fsp3) is 0.214. The number of carboxylic acid groups (broad SMARTS) is 1. The molecule has 138 valence electrons. The molecule has 0 bridgehead atoms. The van der Waals surface area contributed by atoms with Crippen LogP contribution in [0.3, 0.4) is 0 Å². The molecular formula is C14H11F3N4O4S. The summed E-state index contributed by atoms with van der Waals surface area (Å²) in [6.07, 6.45) is -3.51. The lowest BCUT2D eigenvalue weighted by atomic mass is 10.1. The first-order valence-corrected chi connectivity index (χ1v) is 8.40. The second-order valence-corrected chi connectivity index (χ2v) is 6.67. The molecule has 8 nitrogen and oxygen atoms in total. The minimum absolute atomic E-state index is 0.138. The number of benzene rings is 1. The Labute approximate surface area is 145 Å². The van der Waals surface area contributed by atoms with E-state index in [0.29, 0.717) is 6.07 Å². The van der Waals surface area contributed by atoms with Crippen molar-refractivity contribution in [2.75, 3.05) is 4.72 Å². The smallest absolute Gasteiger partial charge is 0.417 e. The fourth-order valence-electron chi connectivity index (χ4n) is 2.01. The molecule has 0 saturated carbocycles. The second kappa shape index (κ2) is 7.04. The summed E-state index contributed by atoms with van der Waals surface area (Å²) in [5, 5.41) is 21.2. The Morgan fingerprint density at radius 1 is 1.35 bits per heavy atom. The van der Waals surface area contributed by atoms with Gasteiger partial charge in [-0.25, -0.2) is 13.2 Å². The Morgan fingerprint density at radius 2 is 2.04 bits per heavy atom. The van der Waals surface area contributed by atoms with Crippen LogP contribution in [-0.4, -0.2) is 29.3 Å². The summed E-state index contributed by atoms with van der Waals surface area (Å²) in [6, 6.07) is 4.73. The number of anilines is 1. The number of halogens is 3. The minimum atomic E-state index is -5.04. The third kappa shape index (κ3) is 4.31. The molecule has 0 saturated heterocycles. The molecule has 12 heteroatoms. The molecule has 2 rings (SSSR count). The van der Waals surface area contributed by atoms with E-state index in [-0.39, 0.29) is 24.8 Å². The number of nitrogens with zero attached hydrogens (tertiary/aromatic N) is 3. The van der Waals surface area contributed by atoms with Gasteiger partial charge >= 0.3 is 12.1 Å². The van der Waals surface area contributed by atoms with Gasteiger partial charge in [0, 0.05) is 12.3 Å². The molecule has 1 aromatic carbocycles. The molecule has 0 aliphatic heterocycles. The quantitative estimate of drug-likeness (QED) is 0.782. The van der Waals surface area contributed by atoms with Gasteiger partial charge in [-0.3, -0.25) is 9.40 Å². The van der Waals surface area contributed by atoms with E-state index >= 15 is 0 Å². The summed E-state index contributed by atoms with van der Waals surface area (Å²) in [5.74, 6) is -1.98. The highest BCUT2D eigenvalue weighted by atomic mass is 32.2. The highest BCUT2D eigenvalue weighted by molar-refractivity contribution is 7.92. The van der Waals surface area contributed by atoms with E-state index in [4.69, 9.17) is 10.4 Å². The summed E-state index contributed by atoms with van der Waals surface area (Å²) < 4.78 is 66.8. The summed E-state index contributed by atoms with van der Waals surface area (Å²) in [7, 11) is -4.43. The molecule has 0 atom stereocenters. The number of rotatable bonds is 6. The van der Waals surface area contributed by atoms with Crippen LogP contribution in [0.5, 0.6) is 0 Å². The molecule has 0 spiro atoms. The molecule has 0 fully saturated rings. The van der Waals surface area contributed by atoms with E-state index < -0.39 is 38.2 Å². The van der Waals surface area contributed by atoms with Crippen molar-refractivity contribution in [2.24, 2.45) is 0 Å². The standard InChI is InChI=1S/C14H11F3N4O4S/c15-14(16,17)11-8-9(2-3-10(11)13(22)23)26(24,25)20-12-4-7-21(19-12)6-1-5-18/h2-4,7-8H,1,6H2,(H,19,20)(H,22,23). The number of hydrogen-bond acceptors (Lipinski definition) is 5. The monoisotopic (exact) mass is 388 g/mol. The van der Waals surface area contributed by atoms with Gasteiger partial charge in [0.25, 0.3) is 10.0 Å². The number of nitriles is 1. The topological polar surface area (TPSA) is 125 Å². The summed E-state index contributed by atoms with van der Waals surface area (Å²) in [4.78, 5) is 10.1. The van der Waals surface area contributed by atoms with Gasteiger partial charge in [-0.05, 0) is 18.2 Å². The van der Waals surface area contributed by atoms with Crippen molar-refractivity contribution in [3.63, 3.8) is 0 Å². The van der Waals surface area contributed by atoms with Crippen molar-refractivity contribution < 1.29 is 31.5 Å². The molecule has 0 aliphatic carbocycles. The lowest BCUT2D eigenvalue weighted by Gasteiger charge is -2.12. The van der Waals surface area contributed by atoms with Crippen LogP contribution in [0.4, 0.5) is 19.0 Å². The Bertz CT molecular complexity index is 977. The van der Waals surface area contributed by atoms with Gasteiger partial charge in [-0.15, -0.1) is 0 Å². The lowest BCUT2D eigenvalue weighted by molar-refractivity contribution is -0.138. The highest BCUT2D eigenvalue weighted by Crippen LogP contribution is 2.34. The molecule has 2 N–H and O–H groups in total. The maximum atomic E-state index is 13.0. The van der Waals surface area contributed by atoms with Crippen LogP contribution >= 0.6 is 0 Å². The van der Waals surface area contributed by atoms with Gasteiger partial charge in [0.2, 0.25) is 0 Å². The summed E-state index contributed by atoms with van der Waals surface area (Å²) in [6.45, 7) is 0.212. The molecular weight excluding hydrogens is 377 g/mol. The van der Waals surface area contributed by atoms with Crippen molar-refractivity contribution in [2.45, 2.75) is 24.0 Å². The number of alkyl halides is 3. The number of carbonyl (C=O) groups is 1. The highest BCUT2D eigenvalue weighted by Gasteiger charge is 2.36. The first-order chi connectivity index (χ1) is 12.0.